The Labute approximate surface area is 93.5 Å². The minimum absolute atomic E-state index is 0.781. The first-order valence-corrected chi connectivity index (χ1v) is 7.56. The minimum Gasteiger partial charge on any atom is -0.394 e. The van der Waals surface area contributed by atoms with E-state index in [0.717, 1.165) is 19.1 Å². The van der Waals surface area contributed by atoms with Gasteiger partial charge in [0.15, 0.2) is 0 Å². The predicted octanol–water partition coefficient (Wildman–Crippen LogP) is 2.43. The molecule has 0 saturated carbocycles. The maximum absolute atomic E-state index is 5.98. The van der Waals surface area contributed by atoms with E-state index in [4.69, 9.17) is 8.85 Å². The topological polar surface area (TPSA) is 18.5 Å². The van der Waals surface area contributed by atoms with Gasteiger partial charge in [-0.1, -0.05) is 44.2 Å². The largest absolute Gasteiger partial charge is 0.394 e. The van der Waals surface area contributed by atoms with Gasteiger partial charge in [0.2, 0.25) is 0 Å². The van der Waals surface area contributed by atoms with Gasteiger partial charge in [0, 0.05) is 13.7 Å². The maximum Gasteiger partial charge on any atom is 0.371 e. The summed E-state index contributed by atoms with van der Waals surface area (Å²) in [6.45, 7) is 5.04. The van der Waals surface area contributed by atoms with E-state index >= 15 is 0 Å². The van der Waals surface area contributed by atoms with E-state index in [2.05, 4.69) is 26.0 Å². The molecule has 0 amide bonds. The molecule has 0 aromatic heterocycles. The van der Waals surface area contributed by atoms with Crippen molar-refractivity contribution in [1.82, 2.24) is 0 Å². The van der Waals surface area contributed by atoms with Crippen LogP contribution in [0.4, 0.5) is 0 Å². The van der Waals surface area contributed by atoms with Crippen molar-refractivity contribution < 1.29 is 8.85 Å². The second-order valence-electron chi connectivity index (χ2n) is 3.53. The molecule has 0 aliphatic rings. The van der Waals surface area contributed by atoms with Gasteiger partial charge in [0.05, 0.1) is 0 Å². The minimum atomic E-state index is -2.14. The fraction of sp³-hybridized carbons (Fsp3) is 0.500. The zero-order chi connectivity index (χ0) is 11.1. The molecule has 84 valence electrons. The van der Waals surface area contributed by atoms with Crippen molar-refractivity contribution in [2.75, 3.05) is 13.7 Å². The Kier molecular flexibility index (Phi) is 5.01. The Hall–Kier alpha value is -0.643. The van der Waals surface area contributed by atoms with Crippen LogP contribution in [-0.4, -0.2) is 22.3 Å². The maximum atomic E-state index is 5.98. The molecule has 0 aliphatic heterocycles. The van der Waals surface area contributed by atoms with Gasteiger partial charge in [-0.3, -0.25) is 0 Å². The monoisotopic (exact) mass is 224 g/mol. The molecule has 1 atom stereocenters. The Morgan fingerprint density at radius 2 is 1.80 bits per heavy atom. The molecule has 1 rings (SSSR count). The van der Waals surface area contributed by atoms with Crippen LogP contribution >= 0.6 is 0 Å². The summed E-state index contributed by atoms with van der Waals surface area (Å²) in [5, 5.41) is 1.23. The zero-order valence-corrected chi connectivity index (χ0v) is 10.8. The van der Waals surface area contributed by atoms with E-state index < -0.39 is 8.56 Å². The SMILES string of the molecule is CCCO[Si](CC)(OC)c1ccccc1. The molecule has 0 N–H and O–H groups in total. The first-order chi connectivity index (χ1) is 7.29. The molecule has 3 heteroatoms. The van der Waals surface area contributed by atoms with Crippen LogP contribution < -0.4 is 5.19 Å². The molecule has 1 unspecified atom stereocenters. The summed E-state index contributed by atoms with van der Waals surface area (Å²) < 4.78 is 11.7. The molecular formula is C12H20O2Si. The average molecular weight is 224 g/mol. The number of hydrogen-bond acceptors (Lipinski definition) is 2. The van der Waals surface area contributed by atoms with E-state index in [1.54, 1.807) is 7.11 Å². The third-order valence-electron chi connectivity index (χ3n) is 2.55. The Balaban J connectivity index is 2.89. The first-order valence-electron chi connectivity index (χ1n) is 5.53. The normalized spacial score (nSPS) is 14.9. The third-order valence-corrected chi connectivity index (χ3v) is 6.02. The van der Waals surface area contributed by atoms with Crippen molar-refractivity contribution in [2.24, 2.45) is 0 Å². The van der Waals surface area contributed by atoms with E-state index in [9.17, 15) is 0 Å². The van der Waals surface area contributed by atoms with E-state index in [1.807, 2.05) is 18.2 Å². The molecule has 15 heavy (non-hydrogen) atoms. The van der Waals surface area contributed by atoms with Crippen LogP contribution in [-0.2, 0) is 8.85 Å². The quantitative estimate of drug-likeness (QED) is 0.691. The van der Waals surface area contributed by atoms with Gasteiger partial charge < -0.3 is 8.85 Å². The summed E-state index contributed by atoms with van der Waals surface area (Å²) in [5.74, 6) is 0. The fourth-order valence-electron chi connectivity index (χ4n) is 1.67. The Morgan fingerprint density at radius 1 is 1.13 bits per heavy atom. The predicted molar refractivity (Wildman–Crippen MR) is 65.6 cm³/mol. The zero-order valence-electron chi connectivity index (χ0n) is 9.82. The molecular weight excluding hydrogens is 204 g/mol. The fourth-order valence-corrected chi connectivity index (χ4v) is 4.33. The van der Waals surface area contributed by atoms with E-state index in [-0.39, 0.29) is 0 Å². The van der Waals surface area contributed by atoms with Gasteiger partial charge in [-0.2, -0.15) is 0 Å². The summed E-state index contributed by atoms with van der Waals surface area (Å²) in [4.78, 5) is 0. The Bertz CT molecular complexity index is 270. The molecule has 2 nitrogen and oxygen atoms in total. The molecule has 0 saturated heterocycles. The van der Waals surface area contributed by atoms with Crippen LogP contribution in [0.1, 0.15) is 20.3 Å². The second-order valence-corrected chi connectivity index (χ2v) is 7.01. The van der Waals surface area contributed by atoms with Crippen molar-refractivity contribution in [2.45, 2.75) is 26.3 Å². The summed E-state index contributed by atoms with van der Waals surface area (Å²) in [6.07, 6.45) is 1.03. The van der Waals surface area contributed by atoms with Crippen LogP contribution in [0, 0.1) is 0 Å². The number of rotatable bonds is 6. The molecule has 0 aliphatic carbocycles. The molecule has 0 heterocycles. The van der Waals surface area contributed by atoms with Crippen molar-refractivity contribution in [3.05, 3.63) is 30.3 Å². The van der Waals surface area contributed by atoms with Crippen LogP contribution in [0.5, 0.6) is 0 Å². The van der Waals surface area contributed by atoms with Crippen LogP contribution in [0.3, 0.4) is 0 Å². The molecule has 0 radical (unpaired) electrons. The molecule has 1 aromatic rings. The third kappa shape index (κ3) is 2.90. The second kappa shape index (κ2) is 6.05. The summed E-state index contributed by atoms with van der Waals surface area (Å²) in [6, 6.07) is 11.3. The van der Waals surface area contributed by atoms with Gasteiger partial charge in [0.25, 0.3) is 0 Å². The van der Waals surface area contributed by atoms with Gasteiger partial charge in [-0.25, -0.2) is 0 Å². The smallest absolute Gasteiger partial charge is 0.371 e. The highest BCUT2D eigenvalue weighted by atomic mass is 28.4. The molecule has 0 bridgehead atoms. The van der Waals surface area contributed by atoms with Crippen LogP contribution in [0.2, 0.25) is 6.04 Å². The van der Waals surface area contributed by atoms with Crippen molar-refractivity contribution >= 4 is 13.7 Å². The first kappa shape index (κ1) is 12.4. The summed E-state index contributed by atoms with van der Waals surface area (Å²) >= 11 is 0. The van der Waals surface area contributed by atoms with E-state index in [1.165, 1.54) is 5.19 Å². The lowest BCUT2D eigenvalue weighted by Gasteiger charge is -2.28. The highest BCUT2D eigenvalue weighted by Crippen LogP contribution is 2.13. The van der Waals surface area contributed by atoms with Gasteiger partial charge in [-0.05, 0) is 17.7 Å². The Morgan fingerprint density at radius 3 is 2.27 bits per heavy atom. The number of benzene rings is 1. The summed E-state index contributed by atoms with van der Waals surface area (Å²) in [5.41, 5.74) is 0. The van der Waals surface area contributed by atoms with Crippen LogP contribution in [0.15, 0.2) is 30.3 Å². The lowest BCUT2D eigenvalue weighted by molar-refractivity contribution is 0.212. The lowest BCUT2D eigenvalue weighted by atomic mass is 10.4. The van der Waals surface area contributed by atoms with Gasteiger partial charge in [-0.15, -0.1) is 0 Å². The molecule has 1 aromatic carbocycles. The van der Waals surface area contributed by atoms with E-state index in [0.29, 0.717) is 0 Å². The van der Waals surface area contributed by atoms with Crippen molar-refractivity contribution in [1.29, 1.82) is 0 Å². The van der Waals surface area contributed by atoms with Gasteiger partial charge >= 0.3 is 8.56 Å². The standard InChI is InChI=1S/C12H20O2Si/c1-4-11-14-15(5-2,13-3)12-9-7-6-8-10-12/h6-10H,4-5,11H2,1-3H3. The van der Waals surface area contributed by atoms with Crippen molar-refractivity contribution in [3.8, 4) is 0 Å². The highest BCUT2D eigenvalue weighted by molar-refractivity contribution is 6.81. The average Bonchev–Trinajstić information content (AvgIpc) is 2.33. The highest BCUT2D eigenvalue weighted by Gasteiger charge is 2.36. The molecule has 0 spiro atoms. The van der Waals surface area contributed by atoms with Crippen LogP contribution in [0.25, 0.3) is 0 Å². The lowest BCUT2D eigenvalue weighted by Crippen LogP contribution is -2.52. The van der Waals surface area contributed by atoms with Gasteiger partial charge in [0.1, 0.15) is 0 Å². The number of hydrogen-bond donors (Lipinski definition) is 0. The molecule has 0 fully saturated rings. The summed E-state index contributed by atoms with van der Waals surface area (Å²) in [7, 11) is -0.378. The van der Waals surface area contributed by atoms with Crippen molar-refractivity contribution in [3.63, 3.8) is 0 Å².